The molecule has 0 N–H and O–H groups in total. The average molecular weight is 627 g/mol. The molecule has 1 aliphatic rings. The van der Waals surface area contributed by atoms with Crippen molar-refractivity contribution in [2.75, 3.05) is 63.8 Å². The molecule has 1 saturated heterocycles. The number of aromatic nitrogens is 2. The number of rotatable bonds is 12. The van der Waals surface area contributed by atoms with Gasteiger partial charge in [0.05, 0.1) is 17.1 Å². The highest BCUT2D eigenvalue weighted by atomic mass is 32.2. The molecular formula is C35H42N6O3S. The predicted octanol–water partition coefficient (Wildman–Crippen LogP) is 4.80. The Morgan fingerprint density at radius 2 is 1.36 bits per heavy atom. The van der Waals surface area contributed by atoms with E-state index in [1.54, 1.807) is 29.2 Å². The van der Waals surface area contributed by atoms with Gasteiger partial charge in [0.25, 0.3) is 0 Å². The molecule has 0 atom stereocenters. The minimum Gasteiger partial charge on any atom is -0.352 e. The van der Waals surface area contributed by atoms with Crippen LogP contribution in [0.15, 0.2) is 95.9 Å². The van der Waals surface area contributed by atoms with Gasteiger partial charge in [-0.1, -0.05) is 86.1 Å². The molecule has 9 nitrogen and oxygen atoms in total. The first-order chi connectivity index (χ1) is 21.8. The summed E-state index contributed by atoms with van der Waals surface area (Å²) in [6, 6.07) is 29.3. The quantitative estimate of drug-likeness (QED) is 0.223. The number of carbonyl (C=O) groups is 1. The van der Waals surface area contributed by atoms with Gasteiger partial charge < -0.3 is 14.7 Å². The van der Waals surface area contributed by atoms with Crippen LogP contribution in [-0.4, -0.2) is 97.5 Å². The maximum Gasteiger partial charge on any atom is 0.243 e. The number of carbonyl (C=O) groups excluding carboxylic acids is 1. The van der Waals surface area contributed by atoms with Crippen LogP contribution in [0.3, 0.4) is 0 Å². The van der Waals surface area contributed by atoms with Crippen molar-refractivity contribution in [1.82, 2.24) is 24.3 Å². The summed E-state index contributed by atoms with van der Waals surface area (Å²) < 4.78 is 28.6. The van der Waals surface area contributed by atoms with Crippen molar-refractivity contribution in [3.63, 3.8) is 0 Å². The van der Waals surface area contributed by atoms with Crippen molar-refractivity contribution >= 4 is 21.7 Å². The van der Waals surface area contributed by atoms with E-state index in [9.17, 15) is 13.2 Å². The number of anilines is 1. The number of piperazine rings is 1. The van der Waals surface area contributed by atoms with Crippen molar-refractivity contribution in [2.45, 2.75) is 25.7 Å². The smallest absolute Gasteiger partial charge is 0.243 e. The summed E-state index contributed by atoms with van der Waals surface area (Å²) >= 11 is 0. The number of hydrogen-bond donors (Lipinski definition) is 0. The predicted molar refractivity (Wildman–Crippen MR) is 179 cm³/mol. The van der Waals surface area contributed by atoms with E-state index >= 15 is 0 Å². The fourth-order valence-electron chi connectivity index (χ4n) is 5.48. The molecule has 1 aliphatic heterocycles. The first-order valence-corrected chi connectivity index (χ1v) is 17.0. The summed E-state index contributed by atoms with van der Waals surface area (Å²) in [5.41, 5.74) is 5.09. The summed E-state index contributed by atoms with van der Waals surface area (Å²) in [6.07, 6.45) is 0. The van der Waals surface area contributed by atoms with Crippen LogP contribution >= 0.6 is 0 Å². The van der Waals surface area contributed by atoms with Gasteiger partial charge in [0, 0.05) is 44.8 Å². The van der Waals surface area contributed by atoms with Gasteiger partial charge >= 0.3 is 0 Å². The molecule has 4 aromatic rings. The van der Waals surface area contributed by atoms with Gasteiger partial charge in [0.2, 0.25) is 15.9 Å². The molecule has 0 saturated carbocycles. The lowest BCUT2D eigenvalue weighted by molar-refractivity contribution is -0.131. The molecule has 10 heteroatoms. The maximum absolute atomic E-state index is 13.6. The van der Waals surface area contributed by atoms with Gasteiger partial charge in [-0.05, 0) is 55.4 Å². The number of likely N-dealkylation sites (N-methyl/N-ethyl adjacent to an activating group) is 1. The van der Waals surface area contributed by atoms with Crippen molar-refractivity contribution in [3.8, 4) is 22.4 Å². The van der Waals surface area contributed by atoms with Gasteiger partial charge in [-0.2, -0.15) is 4.31 Å². The molecule has 0 bridgehead atoms. The Balaban J connectivity index is 1.20. The van der Waals surface area contributed by atoms with E-state index < -0.39 is 10.0 Å². The number of benzene rings is 3. The Bertz CT molecular complexity index is 1630. The molecule has 1 amide bonds. The first kappa shape index (κ1) is 32.3. The molecule has 5 rings (SSSR count). The molecule has 45 heavy (non-hydrogen) atoms. The van der Waals surface area contributed by atoms with Crippen LogP contribution in [0.4, 0.5) is 5.82 Å². The minimum atomic E-state index is -3.83. The minimum absolute atomic E-state index is 0.185. The lowest BCUT2D eigenvalue weighted by Gasteiger charge is -2.36. The highest BCUT2D eigenvalue weighted by Gasteiger charge is 2.30. The van der Waals surface area contributed by atoms with Crippen molar-refractivity contribution in [2.24, 2.45) is 0 Å². The van der Waals surface area contributed by atoms with Crippen LogP contribution in [0, 0.1) is 6.92 Å². The first-order valence-electron chi connectivity index (χ1n) is 15.6. The average Bonchev–Trinajstić information content (AvgIpc) is 3.09. The fraction of sp³-hybridized carbons (Fsp3) is 0.343. The standard InChI is InChI=1S/C35H42N6O3S/c1-4-38(5-2)21-26-41(45(43,44)32-17-11-28(3)12-18-32)27-35(42)40-24-22-39(23-25-40)34-20-19-33(36-37-34)31-15-13-30(14-16-31)29-9-7-6-8-10-29/h6-20H,4-5,21-27H2,1-3H3. The van der Waals surface area contributed by atoms with E-state index in [0.717, 1.165) is 41.3 Å². The number of amides is 1. The number of aryl methyl sites for hydroxylation is 1. The zero-order valence-corrected chi connectivity index (χ0v) is 27.2. The van der Waals surface area contributed by atoms with E-state index in [0.29, 0.717) is 32.7 Å². The molecule has 0 radical (unpaired) electrons. The van der Waals surface area contributed by atoms with Crippen LogP contribution in [0.1, 0.15) is 19.4 Å². The lowest BCUT2D eigenvalue weighted by Crippen LogP contribution is -2.52. The van der Waals surface area contributed by atoms with Crippen LogP contribution in [0.5, 0.6) is 0 Å². The van der Waals surface area contributed by atoms with Crippen LogP contribution < -0.4 is 4.90 Å². The molecule has 3 aromatic carbocycles. The molecule has 1 fully saturated rings. The molecule has 236 valence electrons. The largest absolute Gasteiger partial charge is 0.352 e. The molecular weight excluding hydrogens is 584 g/mol. The van der Waals surface area contributed by atoms with Gasteiger partial charge in [-0.3, -0.25) is 4.79 Å². The summed E-state index contributed by atoms with van der Waals surface area (Å²) in [5.74, 6) is 0.569. The van der Waals surface area contributed by atoms with Gasteiger partial charge in [-0.15, -0.1) is 10.2 Å². The summed E-state index contributed by atoms with van der Waals surface area (Å²) in [7, 11) is -3.83. The lowest BCUT2D eigenvalue weighted by atomic mass is 10.0. The molecule has 0 aliphatic carbocycles. The topological polar surface area (TPSA) is 89.9 Å². The molecule has 0 unspecified atom stereocenters. The third kappa shape index (κ3) is 7.94. The van der Waals surface area contributed by atoms with Crippen LogP contribution in [-0.2, 0) is 14.8 Å². The third-order valence-corrected chi connectivity index (χ3v) is 10.3. The van der Waals surface area contributed by atoms with Crippen LogP contribution in [0.2, 0.25) is 0 Å². The maximum atomic E-state index is 13.6. The Hall–Kier alpha value is -4.12. The summed E-state index contributed by atoms with van der Waals surface area (Å²) in [5, 5.41) is 8.97. The van der Waals surface area contributed by atoms with E-state index in [1.807, 2.05) is 51.1 Å². The molecule has 1 aromatic heterocycles. The van der Waals surface area contributed by atoms with E-state index in [4.69, 9.17) is 0 Å². The number of nitrogens with zero attached hydrogens (tertiary/aromatic N) is 6. The van der Waals surface area contributed by atoms with E-state index in [1.165, 1.54) is 9.87 Å². The second-order valence-corrected chi connectivity index (χ2v) is 13.2. The SMILES string of the molecule is CCN(CC)CCN(CC(=O)N1CCN(c2ccc(-c3ccc(-c4ccccc4)cc3)nn2)CC1)S(=O)(=O)c1ccc(C)cc1. The molecule has 0 spiro atoms. The van der Waals surface area contributed by atoms with Gasteiger partial charge in [-0.25, -0.2) is 8.42 Å². The monoisotopic (exact) mass is 626 g/mol. The zero-order valence-electron chi connectivity index (χ0n) is 26.3. The normalized spacial score (nSPS) is 13.9. The van der Waals surface area contributed by atoms with Crippen LogP contribution in [0.25, 0.3) is 22.4 Å². The highest BCUT2D eigenvalue weighted by molar-refractivity contribution is 7.89. The Labute approximate surface area is 267 Å². The Morgan fingerprint density at radius 3 is 1.96 bits per heavy atom. The van der Waals surface area contributed by atoms with Gasteiger partial charge in [0.15, 0.2) is 5.82 Å². The summed E-state index contributed by atoms with van der Waals surface area (Å²) in [4.78, 5) is 19.7. The number of sulfonamides is 1. The fourth-order valence-corrected chi connectivity index (χ4v) is 6.86. The van der Waals surface area contributed by atoms with Crippen molar-refractivity contribution in [1.29, 1.82) is 0 Å². The number of hydrogen-bond acceptors (Lipinski definition) is 7. The second-order valence-electron chi connectivity index (χ2n) is 11.3. The molecule has 2 heterocycles. The van der Waals surface area contributed by atoms with Crippen molar-refractivity contribution < 1.29 is 13.2 Å². The van der Waals surface area contributed by atoms with E-state index in [-0.39, 0.29) is 23.9 Å². The van der Waals surface area contributed by atoms with Crippen molar-refractivity contribution in [3.05, 3.63) is 96.6 Å². The zero-order chi connectivity index (χ0) is 31.8. The second kappa shape index (κ2) is 14.8. The summed E-state index contributed by atoms with van der Waals surface area (Å²) in [6.45, 7) is 10.4. The Kier molecular flexibility index (Phi) is 10.6. The highest BCUT2D eigenvalue weighted by Crippen LogP contribution is 2.25. The van der Waals surface area contributed by atoms with E-state index in [2.05, 4.69) is 56.4 Å². The Morgan fingerprint density at radius 1 is 0.733 bits per heavy atom. The van der Waals surface area contributed by atoms with Gasteiger partial charge in [0.1, 0.15) is 0 Å². The third-order valence-electron chi connectivity index (χ3n) is 8.43.